The van der Waals surface area contributed by atoms with Crippen LogP contribution in [0.25, 0.3) is 28.2 Å². The summed E-state index contributed by atoms with van der Waals surface area (Å²) in [7, 11) is 0.387. The first-order valence-electron chi connectivity index (χ1n) is 15.6. The number of ether oxygens (including phenoxy) is 1. The normalized spacial score (nSPS) is 20.6. The first-order valence-corrected chi connectivity index (χ1v) is 17.0. The highest BCUT2D eigenvalue weighted by Crippen LogP contribution is 2.47. The fourth-order valence-electron chi connectivity index (χ4n) is 7.44. The lowest BCUT2D eigenvalue weighted by Crippen LogP contribution is -2.39. The lowest BCUT2D eigenvalue weighted by molar-refractivity contribution is -0.120. The first kappa shape index (κ1) is 30.6. The number of benzene rings is 2. The van der Waals surface area contributed by atoms with E-state index in [1.54, 1.807) is 19.2 Å². The van der Waals surface area contributed by atoms with Gasteiger partial charge in [-0.15, -0.1) is 0 Å². The second-order valence-electron chi connectivity index (χ2n) is 12.6. The van der Waals surface area contributed by atoms with E-state index in [0.717, 1.165) is 77.0 Å². The summed E-state index contributed by atoms with van der Waals surface area (Å²) in [5, 5.41) is 11.0. The summed E-state index contributed by atoms with van der Waals surface area (Å²) in [6, 6.07) is 11.4. The van der Waals surface area contributed by atoms with E-state index in [0.29, 0.717) is 23.8 Å². The Kier molecular flexibility index (Phi) is 8.43. The second-order valence-corrected chi connectivity index (χ2v) is 14.5. The number of hydrogen-bond acceptors (Lipinski definition) is 6. The Morgan fingerprint density at radius 3 is 2.50 bits per heavy atom. The van der Waals surface area contributed by atoms with Gasteiger partial charge >= 0.3 is 10.2 Å². The molecule has 3 aromatic rings. The van der Waals surface area contributed by atoms with Gasteiger partial charge in [0.15, 0.2) is 5.78 Å². The van der Waals surface area contributed by atoms with E-state index < -0.39 is 16.1 Å². The number of methoxy groups -OCH3 is 1. The van der Waals surface area contributed by atoms with Crippen molar-refractivity contribution in [3.05, 3.63) is 58.7 Å². The number of fused-ring (bicyclic) bond motifs is 5. The zero-order valence-electron chi connectivity index (χ0n) is 25.6. The van der Waals surface area contributed by atoms with Gasteiger partial charge in [-0.05, 0) is 85.1 Å². The van der Waals surface area contributed by atoms with Gasteiger partial charge in [-0.1, -0.05) is 31.7 Å². The van der Waals surface area contributed by atoms with Crippen molar-refractivity contribution in [3.63, 3.8) is 0 Å². The number of aliphatic hydroxyl groups is 1. The van der Waals surface area contributed by atoms with Crippen molar-refractivity contribution < 1.29 is 27.9 Å². The fraction of sp³-hybridized carbons (Fsp3) is 0.471. The van der Waals surface area contributed by atoms with E-state index in [1.165, 1.54) is 26.1 Å². The quantitative estimate of drug-likeness (QED) is 0.355. The number of carbonyl (C=O) groups is 2. The topological polar surface area (TPSA) is 118 Å². The van der Waals surface area contributed by atoms with Crippen LogP contribution < -0.4 is 9.46 Å². The van der Waals surface area contributed by atoms with Crippen molar-refractivity contribution >= 4 is 38.9 Å². The van der Waals surface area contributed by atoms with Crippen LogP contribution in [-0.4, -0.2) is 61.9 Å². The van der Waals surface area contributed by atoms with Gasteiger partial charge in [0.1, 0.15) is 5.75 Å². The van der Waals surface area contributed by atoms with Crippen molar-refractivity contribution in [2.24, 2.45) is 11.8 Å². The van der Waals surface area contributed by atoms with E-state index in [-0.39, 0.29) is 29.8 Å². The fourth-order valence-corrected chi connectivity index (χ4v) is 7.97. The number of hydrogen-bond donors (Lipinski definition) is 2. The Morgan fingerprint density at radius 2 is 1.80 bits per heavy atom. The largest absolute Gasteiger partial charge is 0.497 e. The van der Waals surface area contributed by atoms with Gasteiger partial charge in [0.05, 0.1) is 19.3 Å². The smallest absolute Gasteiger partial charge is 0.303 e. The lowest BCUT2D eigenvalue weighted by Gasteiger charge is -2.24. The van der Waals surface area contributed by atoms with Crippen LogP contribution in [0.1, 0.15) is 78.8 Å². The average Bonchev–Trinajstić information content (AvgIpc) is 3.58. The highest BCUT2D eigenvalue weighted by molar-refractivity contribution is 7.87. The molecule has 2 heterocycles. The summed E-state index contributed by atoms with van der Waals surface area (Å²) in [6.45, 7) is 0.302. The molecule has 2 atom stereocenters. The molecule has 1 unspecified atom stereocenters. The molecule has 0 spiro atoms. The molecular weight excluding hydrogens is 578 g/mol. The molecule has 0 radical (unpaired) electrons. The molecule has 3 aliphatic rings. The average molecular weight is 620 g/mol. The molecule has 2 N–H and O–H groups in total. The Balaban J connectivity index is 1.57. The molecule has 234 valence electrons. The monoisotopic (exact) mass is 619 g/mol. The summed E-state index contributed by atoms with van der Waals surface area (Å²) in [4.78, 5) is 27.4. The number of nitrogens with one attached hydrogen (secondary N) is 1. The third kappa shape index (κ3) is 5.48. The van der Waals surface area contributed by atoms with E-state index in [1.807, 2.05) is 24.3 Å². The molecule has 44 heavy (non-hydrogen) atoms. The van der Waals surface area contributed by atoms with Crippen LogP contribution in [0, 0.1) is 11.8 Å². The van der Waals surface area contributed by atoms with Crippen LogP contribution in [0.15, 0.2) is 42.0 Å². The molecule has 2 saturated carbocycles. The number of allylic oxidation sites excluding steroid dienone is 1. The first-order chi connectivity index (χ1) is 21.1. The number of Topliss-reactive ketones (excluding diaryl/α,β-unsaturated/α-hetero) is 1. The van der Waals surface area contributed by atoms with Crippen LogP contribution in [-0.2, 0) is 21.5 Å². The minimum atomic E-state index is -3.98. The molecule has 1 aliphatic heterocycles. The van der Waals surface area contributed by atoms with Crippen molar-refractivity contribution in [2.45, 2.75) is 63.8 Å². The summed E-state index contributed by atoms with van der Waals surface area (Å²) >= 11 is 0. The van der Waals surface area contributed by atoms with Crippen molar-refractivity contribution in [2.75, 3.05) is 27.8 Å². The number of aliphatic hydroxyl groups excluding tert-OH is 1. The zero-order chi connectivity index (χ0) is 31.2. The highest BCUT2D eigenvalue weighted by atomic mass is 32.2. The minimum absolute atomic E-state index is 0.00798. The van der Waals surface area contributed by atoms with Gasteiger partial charge in [-0.25, -0.2) is 4.72 Å². The standard InChI is InChI=1S/C34H41N3O6S/c1-36(2)44(41,42)35-34(40)22-12-14-29-30(18-22)37-19-25(33(39)28-11-7-10-23(28)20-38)16-24-17-26(43-3)13-15-27(24)32(37)31(29)21-8-5-4-6-9-21/h12-18,21,23,28,38H,4-11,19-20H2,1-3H3,(H,35,40)/t23-,28?/m0/s1. The molecule has 9 nitrogen and oxygen atoms in total. The molecule has 1 aromatic heterocycles. The molecule has 0 saturated heterocycles. The summed E-state index contributed by atoms with van der Waals surface area (Å²) in [5.74, 6) is 0.0684. The van der Waals surface area contributed by atoms with E-state index in [2.05, 4.69) is 15.4 Å². The van der Waals surface area contributed by atoms with Crippen molar-refractivity contribution in [3.8, 4) is 17.0 Å². The second kappa shape index (κ2) is 12.1. The number of aromatic nitrogens is 1. The molecule has 6 rings (SSSR count). The summed E-state index contributed by atoms with van der Waals surface area (Å²) < 4.78 is 35.8. The molecule has 1 amide bonds. The lowest BCUT2D eigenvalue weighted by atomic mass is 9.81. The SMILES string of the molecule is COc1ccc2c(c1)C=C(C(=O)C1CCC[C@H]1CO)Cn1c-2c(C2CCCCC2)c2ccc(C(=O)NS(=O)(=O)N(C)C)cc21. The van der Waals surface area contributed by atoms with Gasteiger partial charge in [-0.3, -0.25) is 9.59 Å². The summed E-state index contributed by atoms with van der Waals surface area (Å²) in [5.41, 5.74) is 5.83. The van der Waals surface area contributed by atoms with Crippen LogP contribution in [0.3, 0.4) is 0 Å². The van der Waals surface area contributed by atoms with Crippen molar-refractivity contribution in [1.29, 1.82) is 0 Å². The van der Waals surface area contributed by atoms with Gasteiger partial charge in [-0.2, -0.15) is 12.7 Å². The number of amides is 1. The van der Waals surface area contributed by atoms with Gasteiger partial charge in [0, 0.05) is 54.2 Å². The summed E-state index contributed by atoms with van der Waals surface area (Å²) in [6.07, 6.45) is 10.1. The molecule has 2 aromatic carbocycles. The molecule has 2 aliphatic carbocycles. The number of nitrogens with zero attached hydrogens (tertiary/aromatic N) is 2. The minimum Gasteiger partial charge on any atom is -0.497 e. The maximum absolute atomic E-state index is 14.2. The highest BCUT2D eigenvalue weighted by Gasteiger charge is 2.36. The van der Waals surface area contributed by atoms with Gasteiger partial charge < -0.3 is 14.4 Å². The Hall–Kier alpha value is -3.47. The maximum Gasteiger partial charge on any atom is 0.303 e. The number of ketones is 1. The van der Waals surface area contributed by atoms with E-state index >= 15 is 0 Å². The van der Waals surface area contributed by atoms with Crippen LogP contribution >= 0.6 is 0 Å². The Labute approximate surface area is 259 Å². The van der Waals surface area contributed by atoms with E-state index in [4.69, 9.17) is 4.74 Å². The van der Waals surface area contributed by atoms with Crippen LogP contribution in [0.2, 0.25) is 0 Å². The van der Waals surface area contributed by atoms with Crippen LogP contribution in [0.5, 0.6) is 5.75 Å². The number of carbonyl (C=O) groups excluding carboxylic acids is 2. The number of rotatable bonds is 8. The third-order valence-electron chi connectivity index (χ3n) is 9.80. The Morgan fingerprint density at radius 1 is 1.02 bits per heavy atom. The predicted octanol–water partition coefficient (Wildman–Crippen LogP) is 5.28. The molecule has 10 heteroatoms. The zero-order valence-corrected chi connectivity index (χ0v) is 26.5. The molecule has 2 fully saturated rings. The van der Waals surface area contributed by atoms with Crippen molar-refractivity contribution in [1.82, 2.24) is 13.6 Å². The maximum atomic E-state index is 14.2. The predicted molar refractivity (Wildman–Crippen MR) is 171 cm³/mol. The van der Waals surface area contributed by atoms with Crippen LogP contribution in [0.4, 0.5) is 0 Å². The van der Waals surface area contributed by atoms with Gasteiger partial charge in [0.2, 0.25) is 0 Å². The van der Waals surface area contributed by atoms with E-state index in [9.17, 15) is 23.1 Å². The third-order valence-corrected chi connectivity index (χ3v) is 11.2. The van der Waals surface area contributed by atoms with Gasteiger partial charge in [0.25, 0.3) is 5.91 Å². The Bertz CT molecular complexity index is 1750. The molecular formula is C34H41N3O6S. The molecule has 0 bridgehead atoms.